The monoisotopic (exact) mass is 386 g/mol. The van der Waals surface area contributed by atoms with Gasteiger partial charge in [-0.05, 0) is 17.9 Å². The Bertz CT molecular complexity index is 993. The Balaban J connectivity index is 2.87. The molecule has 0 bridgehead atoms. The molecule has 0 saturated carbocycles. The molecule has 0 aromatic heterocycles. The van der Waals surface area contributed by atoms with Crippen LogP contribution in [0.3, 0.4) is 0 Å². The summed E-state index contributed by atoms with van der Waals surface area (Å²) in [6.45, 7) is 1.77. The Morgan fingerprint density at radius 3 is 2.24 bits per heavy atom. The highest BCUT2D eigenvalue weighted by Crippen LogP contribution is 2.34. The van der Waals surface area contributed by atoms with Gasteiger partial charge in [-0.3, -0.25) is 13.2 Å². The minimum absolute atomic E-state index is 0.0447. The highest BCUT2D eigenvalue weighted by Gasteiger charge is 2.31. The van der Waals surface area contributed by atoms with Crippen LogP contribution in [0.5, 0.6) is 0 Å². The van der Waals surface area contributed by atoms with Crippen molar-refractivity contribution in [2.24, 2.45) is 0 Å². The zero-order chi connectivity index (χ0) is 18.7. The fourth-order valence-electron chi connectivity index (χ4n) is 2.35. The number of hydrogen-bond acceptors (Lipinski definition) is 7. The van der Waals surface area contributed by atoms with Gasteiger partial charge in [-0.15, -0.1) is 0 Å². The van der Waals surface area contributed by atoms with Gasteiger partial charge in [0.15, 0.2) is 6.29 Å². The van der Waals surface area contributed by atoms with Crippen LogP contribution in [-0.4, -0.2) is 36.8 Å². The molecule has 25 heavy (non-hydrogen) atoms. The van der Waals surface area contributed by atoms with E-state index in [0.29, 0.717) is 24.5 Å². The lowest BCUT2D eigenvalue weighted by atomic mass is 10.1. The largest absolute Gasteiger partial charge is 0.298 e. The first-order valence-corrected chi connectivity index (χ1v) is 10.3. The number of fused-ring (bicyclic) bond motifs is 1. The van der Waals surface area contributed by atoms with E-state index in [0.717, 1.165) is 13.2 Å². The molecule has 0 atom stereocenters. The fraction of sp³-hybridized carbons (Fsp3) is 0.312. The summed E-state index contributed by atoms with van der Waals surface area (Å²) in [7, 11) is -7.83. The molecule has 0 aliphatic heterocycles. The Morgan fingerprint density at radius 1 is 1.04 bits per heavy atom. The lowest BCUT2D eigenvalue weighted by Gasteiger charge is -2.14. The van der Waals surface area contributed by atoms with E-state index >= 15 is 0 Å². The molecule has 0 heterocycles. The van der Waals surface area contributed by atoms with Crippen molar-refractivity contribution in [2.75, 3.05) is 13.7 Å². The molecular weight excluding hydrogens is 368 g/mol. The SMILES string of the molecule is CCCCOS(=O)(=O)c1cc(C=O)c2ccccc2c1S(=O)(=O)OC. The molecule has 0 aliphatic carbocycles. The molecule has 0 aliphatic rings. The third-order valence-corrected chi connectivity index (χ3v) is 6.44. The van der Waals surface area contributed by atoms with Gasteiger partial charge >= 0.3 is 0 Å². The van der Waals surface area contributed by atoms with Gasteiger partial charge in [-0.25, -0.2) is 0 Å². The van der Waals surface area contributed by atoms with Crippen LogP contribution in [0, 0.1) is 0 Å². The summed E-state index contributed by atoms with van der Waals surface area (Å²) in [4.78, 5) is 10.2. The van der Waals surface area contributed by atoms with Crippen molar-refractivity contribution in [3.05, 3.63) is 35.9 Å². The number of rotatable bonds is 8. The quantitative estimate of drug-likeness (QED) is 0.390. The van der Waals surface area contributed by atoms with Crippen molar-refractivity contribution in [3.8, 4) is 0 Å². The van der Waals surface area contributed by atoms with E-state index in [9.17, 15) is 21.6 Å². The molecule has 2 aromatic carbocycles. The van der Waals surface area contributed by atoms with E-state index < -0.39 is 30.0 Å². The fourth-order valence-corrected chi connectivity index (χ4v) is 4.96. The number of carbonyl (C=O) groups is 1. The van der Waals surface area contributed by atoms with E-state index in [-0.39, 0.29) is 17.6 Å². The van der Waals surface area contributed by atoms with Crippen LogP contribution >= 0.6 is 0 Å². The van der Waals surface area contributed by atoms with E-state index in [4.69, 9.17) is 4.18 Å². The van der Waals surface area contributed by atoms with E-state index in [1.165, 1.54) is 12.1 Å². The minimum Gasteiger partial charge on any atom is -0.298 e. The standard InChI is InChI=1S/C16H18O7S2/c1-3-4-9-23-24(18,19)15-10-12(11-17)13-7-5-6-8-14(13)16(15)25(20,21)22-2/h5-8,10-11H,3-4,9H2,1-2H3. The van der Waals surface area contributed by atoms with Crippen LogP contribution in [0.25, 0.3) is 10.8 Å². The van der Waals surface area contributed by atoms with Crippen LogP contribution in [-0.2, 0) is 28.6 Å². The zero-order valence-corrected chi connectivity index (χ0v) is 15.4. The second kappa shape index (κ2) is 7.61. The normalized spacial score (nSPS) is 12.4. The molecule has 7 nitrogen and oxygen atoms in total. The van der Waals surface area contributed by atoms with Crippen LogP contribution in [0.4, 0.5) is 0 Å². The summed E-state index contributed by atoms with van der Waals surface area (Å²) < 4.78 is 59.3. The van der Waals surface area contributed by atoms with Crippen molar-refractivity contribution in [1.82, 2.24) is 0 Å². The molecule has 0 fully saturated rings. The Morgan fingerprint density at radius 2 is 1.68 bits per heavy atom. The van der Waals surface area contributed by atoms with Gasteiger partial charge in [0.05, 0.1) is 13.7 Å². The average Bonchev–Trinajstić information content (AvgIpc) is 2.60. The number of aldehydes is 1. The average molecular weight is 386 g/mol. The van der Waals surface area contributed by atoms with Crippen molar-refractivity contribution in [1.29, 1.82) is 0 Å². The first kappa shape index (κ1) is 19.5. The summed E-state index contributed by atoms with van der Waals surface area (Å²) in [6.07, 6.45) is 1.66. The molecule has 136 valence electrons. The van der Waals surface area contributed by atoms with Crippen molar-refractivity contribution in [3.63, 3.8) is 0 Å². The zero-order valence-electron chi connectivity index (χ0n) is 13.8. The molecule has 0 spiro atoms. The third kappa shape index (κ3) is 3.90. The smallest absolute Gasteiger partial charge is 0.298 e. The number of hydrogen-bond donors (Lipinski definition) is 0. The highest BCUT2D eigenvalue weighted by atomic mass is 32.2. The van der Waals surface area contributed by atoms with Gasteiger partial charge in [0.1, 0.15) is 9.79 Å². The maximum atomic E-state index is 12.5. The first-order chi connectivity index (χ1) is 11.8. The van der Waals surface area contributed by atoms with Crippen molar-refractivity contribution in [2.45, 2.75) is 29.6 Å². The molecular formula is C16H18O7S2. The molecule has 0 saturated heterocycles. The summed E-state index contributed by atoms with van der Waals surface area (Å²) in [5.74, 6) is 0. The summed E-state index contributed by atoms with van der Waals surface area (Å²) in [6, 6.07) is 7.11. The lowest BCUT2D eigenvalue weighted by molar-refractivity contribution is 0.112. The van der Waals surface area contributed by atoms with Gasteiger partial charge in [0.2, 0.25) is 0 Å². The second-order valence-electron chi connectivity index (χ2n) is 5.21. The van der Waals surface area contributed by atoms with Crippen LogP contribution in [0.15, 0.2) is 40.1 Å². The maximum Gasteiger partial charge on any atom is 0.298 e. The molecule has 9 heteroatoms. The van der Waals surface area contributed by atoms with Gasteiger partial charge in [-0.2, -0.15) is 16.8 Å². The molecule has 0 amide bonds. The third-order valence-electron chi connectivity index (χ3n) is 3.60. The van der Waals surface area contributed by atoms with Crippen LogP contribution < -0.4 is 0 Å². The van der Waals surface area contributed by atoms with Crippen LogP contribution in [0.1, 0.15) is 30.1 Å². The predicted octanol–water partition coefficient (Wildman–Crippen LogP) is 2.49. The Labute approximate surface area is 146 Å². The number of unbranched alkanes of at least 4 members (excludes halogenated alkanes) is 1. The summed E-state index contributed by atoms with van der Waals surface area (Å²) in [5.41, 5.74) is 0.0447. The summed E-state index contributed by atoms with van der Waals surface area (Å²) >= 11 is 0. The summed E-state index contributed by atoms with van der Waals surface area (Å²) in [5, 5.41) is 0.382. The molecule has 0 unspecified atom stereocenters. The number of carbonyl (C=O) groups excluding carboxylic acids is 1. The molecule has 2 rings (SSSR count). The minimum atomic E-state index is -4.40. The first-order valence-electron chi connectivity index (χ1n) is 7.49. The van der Waals surface area contributed by atoms with Crippen molar-refractivity contribution < 1.29 is 30.0 Å². The molecule has 0 radical (unpaired) electrons. The lowest BCUT2D eigenvalue weighted by Crippen LogP contribution is -2.15. The Hall–Kier alpha value is -1.81. The predicted molar refractivity (Wildman–Crippen MR) is 91.6 cm³/mol. The highest BCUT2D eigenvalue weighted by molar-refractivity contribution is 7.90. The van der Waals surface area contributed by atoms with Gasteiger partial charge in [-0.1, -0.05) is 37.6 Å². The van der Waals surface area contributed by atoms with E-state index in [1.807, 2.05) is 6.92 Å². The van der Waals surface area contributed by atoms with Crippen LogP contribution in [0.2, 0.25) is 0 Å². The molecule has 2 aromatic rings. The van der Waals surface area contributed by atoms with Crippen molar-refractivity contribution >= 4 is 37.3 Å². The topological polar surface area (TPSA) is 104 Å². The maximum absolute atomic E-state index is 12.5. The van der Waals surface area contributed by atoms with Gasteiger partial charge in [0.25, 0.3) is 20.2 Å². The van der Waals surface area contributed by atoms with Gasteiger partial charge in [0, 0.05) is 10.9 Å². The van der Waals surface area contributed by atoms with Gasteiger partial charge < -0.3 is 0 Å². The van der Waals surface area contributed by atoms with E-state index in [1.54, 1.807) is 12.1 Å². The number of benzene rings is 2. The van der Waals surface area contributed by atoms with E-state index in [2.05, 4.69) is 4.18 Å². The molecule has 0 N–H and O–H groups in total. The Kier molecular flexibility index (Phi) is 5.94. The second-order valence-corrected chi connectivity index (χ2v) is 8.44.